The number of allylic oxidation sites excluding steroid dienone is 1. The van der Waals surface area contributed by atoms with Crippen LogP contribution in [0, 0.1) is 0 Å². The molecular formula is C17H26SSe. The summed E-state index contributed by atoms with van der Waals surface area (Å²) >= 11 is 2.74. The topological polar surface area (TPSA) is 0 Å². The molecule has 1 rings (SSSR count). The maximum atomic E-state index is 2.51. The van der Waals surface area contributed by atoms with Crippen LogP contribution in [0.5, 0.6) is 0 Å². The second kappa shape index (κ2) is 11.6. The Morgan fingerprint density at radius 2 is 1.89 bits per heavy atom. The molecule has 2 heteroatoms. The van der Waals surface area contributed by atoms with Crippen molar-refractivity contribution >= 4 is 26.7 Å². The Hall–Kier alpha value is -0.171. The second-order valence-electron chi connectivity index (χ2n) is 4.58. The van der Waals surface area contributed by atoms with Gasteiger partial charge in [-0.2, -0.15) is 0 Å². The molecule has 0 spiro atoms. The minimum absolute atomic E-state index is 0.685. The Bertz CT molecular complexity index is 346. The van der Waals surface area contributed by atoms with Crippen LogP contribution in [0.15, 0.2) is 40.2 Å². The zero-order valence-electron chi connectivity index (χ0n) is 12.2. The molecule has 0 saturated heterocycles. The van der Waals surface area contributed by atoms with E-state index in [9.17, 15) is 0 Å². The molecule has 0 unspecified atom stereocenters. The van der Waals surface area contributed by atoms with Crippen molar-refractivity contribution in [2.45, 2.75) is 57.0 Å². The van der Waals surface area contributed by atoms with Gasteiger partial charge in [0.25, 0.3) is 0 Å². The number of rotatable bonds is 10. The molecule has 0 amide bonds. The number of hydrogen-bond acceptors (Lipinski definition) is 1. The van der Waals surface area contributed by atoms with Gasteiger partial charge in [-0.05, 0) is 0 Å². The summed E-state index contributed by atoms with van der Waals surface area (Å²) in [5, 5.41) is 1.32. The third-order valence-corrected chi connectivity index (χ3v) is 6.71. The van der Waals surface area contributed by atoms with Gasteiger partial charge in [0.2, 0.25) is 0 Å². The molecule has 1 aromatic carbocycles. The normalized spacial score (nSPS) is 11.8. The summed E-state index contributed by atoms with van der Waals surface area (Å²) in [6, 6.07) is 10.8. The first-order chi connectivity index (χ1) is 9.36. The van der Waals surface area contributed by atoms with Crippen LogP contribution in [0.3, 0.4) is 0 Å². The van der Waals surface area contributed by atoms with E-state index in [1.165, 1.54) is 43.0 Å². The van der Waals surface area contributed by atoms with Crippen molar-refractivity contribution in [2.75, 3.05) is 0 Å². The quantitative estimate of drug-likeness (QED) is 0.379. The van der Waals surface area contributed by atoms with Gasteiger partial charge < -0.3 is 0 Å². The SMILES string of the molecule is CCCCCC/C=C(/SCc1ccccc1)[Se]CC. The van der Waals surface area contributed by atoms with Crippen LogP contribution in [-0.2, 0) is 5.75 Å². The van der Waals surface area contributed by atoms with E-state index >= 15 is 0 Å². The molecule has 0 radical (unpaired) electrons. The molecule has 0 atom stereocenters. The van der Waals surface area contributed by atoms with Crippen molar-refractivity contribution in [3.8, 4) is 0 Å². The zero-order valence-corrected chi connectivity index (χ0v) is 14.8. The summed E-state index contributed by atoms with van der Waals surface area (Å²) in [4.78, 5) is 0. The average Bonchev–Trinajstić information content (AvgIpc) is 2.45. The Morgan fingerprint density at radius 3 is 2.58 bits per heavy atom. The molecule has 0 aromatic heterocycles. The Balaban J connectivity index is 2.32. The van der Waals surface area contributed by atoms with Gasteiger partial charge in [-0.15, -0.1) is 0 Å². The van der Waals surface area contributed by atoms with E-state index in [0.717, 1.165) is 5.75 Å². The van der Waals surface area contributed by atoms with Crippen LogP contribution in [0.25, 0.3) is 0 Å². The maximum absolute atomic E-state index is 2.51. The predicted molar refractivity (Wildman–Crippen MR) is 90.8 cm³/mol. The summed E-state index contributed by atoms with van der Waals surface area (Å²) < 4.78 is 1.65. The van der Waals surface area contributed by atoms with Crippen LogP contribution in [0.4, 0.5) is 0 Å². The predicted octanol–water partition coefficient (Wildman–Crippen LogP) is 5.87. The molecule has 0 saturated carbocycles. The number of thioether (sulfide) groups is 1. The van der Waals surface area contributed by atoms with Gasteiger partial charge in [-0.25, -0.2) is 0 Å². The van der Waals surface area contributed by atoms with E-state index in [-0.39, 0.29) is 0 Å². The van der Waals surface area contributed by atoms with E-state index in [1.807, 2.05) is 0 Å². The Morgan fingerprint density at radius 1 is 1.11 bits per heavy atom. The van der Waals surface area contributed by atoms with Crippen LogP contribution < -0.4 is 0 Å². The van der Waals surface area contributed by atoms with Crippen molar-refractivity contribution in [2.24, 2.45) is 0 Å². The Labute approximate surface area is 129 Å². The summed E-state index contributed by atoms with van der Waals surface area (Å²) in [5.74, 6) is 1.13. The van der Waals surface area contributed by atoms with E-state index < -0.39 is 0 Å². The zero-order chi connectivity index (χ0) is 13.8. The second-order valence-corrected chi connectivity index (χ2v) is 8.92. The van der Waals surface area contributed by atoms with Gasteiger partial charge in [-0.3, -0.25) is 0 Å². The van der Waals surface area contributed by atoms with Gasteiger partial charge in [0, 0.05) is 0 Å². The average molecular weight is 341 g/mol. The van der Waals surface area contributed by atoms with Crippen molar-refractivity contribution < 1.29 is 0 Å². The third-order valence-electron chi connectivity index (χ3n) is 2.88. The van der Waals surface area contributed by atoms with Gasteiger partial charge in [0.05, 0.1) is 0 Å². The van der Waals surface area contributed by atoms with Crippen LogP contribution >= 0.6 is 11.8 Å². The van der Waals surface area contributed by atoms with E-state index in [0.29, 0.717) is 15.0 Å². The van der Waals surface area contributed by atoms with Crippen LogP contribution in [-0.4, -0.2) is 15.0 Å². The third kappa shape index (κ3) is 8.57. The first-order valence-electron chi connectivity index (χ1n) is 7.36. The molecule has 0 aliphatic rings. The molecule has 0 aliphatic heterocycles. The summed E-state index contributed by atoms with van der Waals surface area (Å²) in [6.07, 6.45) is 9.26. The molecular weight excluding hydrogens is 315 g/mol. The fraction of sp³-hybridized carbons (Fsp3) is 0.529. The number of unbranched alkanes of at least 4 members (excludes halogenated alkanes) is 4. The van der Waals surface area contributed by atoms with Gasteiger partial charge in [0.1, 0.15) is 0 Å². The molecule has 0 nitrogen and oxygen atoms in total. The molecule has 0 fully saturated rings. The molecule has 0 aliphatic carbocycles. The molecule has 0 bridgehead atoms. The molecule has 1 aromatic rings. The fourth-order valence-electron chi connectivity index (χ4n) is 1.82. The van der Waals surface area contributed by atoms with E-state index in [2.05, 4.69) is 62.0 Å². The van der Waals surface area contributed by atoms with Gasteiger partial charge in [-0.1, -0.05) is 0 Å². The van der Waals surface area contributed by atoms with E-state index in [4.69, 9.17) is 0 Å². The van der Waals surface area contributed by atoms with Crippen molar-refractivity contribution in [1.29, 1.82) is 0 Å². The first-order valence-corrected chi connectivity index (χ1v) is 10.4. The van der Waals surface area contributed by atoms with Crippen LogP contribution in [0.2, 0.25) is 5.32 Å². The molecule has 106 valence electrons. The van der Waals surface area contributed by atoms with Crippen molar-refractivity contribution in [3.05, 3.63) is 45.8 Å². The first kappa shape index (κ1) is 16.9. The van der Waals surface area contributed by atoms with Gasteiger partial charge in [0.15, 0.2) is 0 Å². The fourth-order valence-corrected chi connectivity index (χ4v) is 5.24. The van der Waals surface area contributed by atoms with Crippen LogP contribution in [0.1, 0.15) is 51.5 Å². The number of hydrogen-bond donors (Lipinski definition) is 0. The monoisotopic (exact) mass is 342 g/mol. The van der Waals surface area contributed by atoms with Gasteiger partial charge >= 0.3 is 130 Å². The summed E-state index contributed by atoms with van der Waals surface area (Å²) in [6.45, 7) is 4.57. The molecule has 0 heterocycles. The Kier molecular flexibility index (Phi) is 10.3. The summed E-state index contributed by atoms with van der Waals surface area (Å²) in [7, 11) is 0. The summed E-state index contributed by atoms with van der Waals surface area (Å²) in [5.41, 5.74) is 1.44. The minimum atomic E-state index is 0.685. The van der Waals surface area contributed by atoms with Crippen molar-refractivity contribution in [3.63, 3.8) is 0 Å². The van der Waals surface area contributed by atoms with Crippen molar-refractivity contribution in [1.82, 2.24) is 0 Å². The standard InChI is InChI=1S/C17H26SSe/c1-3-5-6-7-11-14-17(19-4-2)18-15-16-12-9-8-10-13-16/h8-10,12-14H,3-7,11,15H2,1-2H3/b17-14-. The van der Waals surface area contributed by atoms with E-state index in [1.54, 1.807) is 3.80 Å². The molecule has 0 N–H and O–H groups in total. The number of benzene rings is 1. The molecule has 19 heavy (non-hydrogen) atoms.